The standard InChI is InChI=1S/C4H4FN2.3C4H9.Sn/c1-7-3-2-4(5)6-7;3*1-3-4-2;/h2H,1H3;3*1,3-4H2,2H3;. The molecule has 0 radical (unpaired) electrons. The van der Waals surface area contributed by atoms with Gasteiger partial charge in [-0.25, -0.2) is 0 Å². The fourth-order valence-electron chi connectivity index (χ4n) is 3.23. The van der Waals surface area contributed by atoms with Crippen molar-refractivity contribution >= 4 is 22.1 Å². The SMILES string of the molecule is CCC[CH2][Sn]([CH2]CCC)([CH2]CCC)[c]1cc(F)nn1C. The van der Waals surface area contributed by atoms with Gasteiger partial charge in [0.2, 0.25) is 0 Å². The molecular weight excluding hydrogens is 358 g/mol. The van der Waals surface area contributed by atoms with E-state index in [2.05, 4.69) is 25.9 Å². The van der Waals surface area contributed by atoms with Gasteiger partial charge in [0.25, 0.3) is 0 Å². The first-order chi connectivity index (χ1) is 9.59. The zero-order valence-corrected chi connectivity index (χ0v) is 16.6. The van der Waals surface area contributed by atoms with E-state index in [1.54, 1.807) is 6.07 Å². The summed E-state index contributed by atoms with van der Waals surface area (Å²) < 4.78 is 20.9. The summed E-state index contributed by atoms with van der Waals surface area (Å²) >= 11 is -2.48. The summed E-state index contributed by atoms with van der Waals surface area (Å²) in [6, 6.07) is 1.76. The van der Waals surface area contributed by atoms with Crippen LogP contribution in [-0.4, -0.2) is 28.2 Å². The van der Waals surface area contributed by atoms with E-state index in [9.17, 15) is 4.39 Å². The Kier molecular flexibility index (Phi) is 8.15. The van der Waals surface area contributed by atoms with Crippen LogP contribution in [0.3, 0.4) is 0 Å². The number of unbranched alkanes of at least 4 members (excludes halogenated alkanes) is 3. The topological polar surface area (TPSA) is 17.8 Å². The molecule has 0 amide bonds. The van der Waals surface area contributed by atoms with Gasteiger partial charge in [0.1, 0.15) is 0 Å². The number of nitrogens with zero attached hydrogens (tertiary/aromatic N) is 2. The van der Waals surface area contributed by atoms with E-state index in [1.165, 1.54) is 55.5 Å². The Morgan fingerprint density at radius 2 is 1.45 bits per heavy atom. The third-order valence-electron chi connectivity index (χ3n) is 4.42. The molecule has 4 heteroatoms. The maximum absolute atomic E-state index is 13.6. The van der Waals surface area contributed by atoms with Crippen LogP contribution in [0.1, 0.15) is 59.3 Å². The first-order valence-corrected chi connectivity index (χ1v) is 15.8. The molecule has 0 unspecified atom stereocenters. The van der Waals surface area contributed by atoms with E-state index in [4.69, 9.17) is 0 Å². The summed E-state index contributed by atoms with van der Waals surface area (Å²) in [7, 11) is 1.94. The van der Waals surface area contributed by atoms with Crippen molar-refractivity contribution < 1.29 is 4.39 Å². The van der Waals surface area contributed by atoms with Crippen LogP contribution >= 0.6 is 0 Å². The fourth-order valence-corrected chi connectivity index (χ4v) is 19.7. The van der Waals surface area contributed by atoms with E-state index in [1.807, 2.05) is 11.7 Å². The third kappa shape index (κ3) is 4.74. The minimum atomic E-state index is -2.48. The van der Waals surface area contributed by atoms with Gasteiger partial charge in [-0.3, -0.25) is 0 Å². The van der Waals surface area contributed by atoms with Crippen LogP contribution in [0.5, 0.6) is 0 Å². The van der Waals surface area contributed by atoms with Gasteiger partial charge in [-0.15, -0.1) is 0 Å². The van der Waals surface area contributed by atoms with Gasteiger partial charge in [-0.1, -0.05) is 0 Å². The Bertz CT molecular complexity index is 368. The predicted molar refractivity (Wildman–Crippen MR) is 87.7 cm³/mol. The Balaban J connectivity index is 3.07. The molecule has 0 aromatic carbocycles. The van der Waals surface area contributed by atoms with Crippen molar-refractivity contribution in [3.05, 3.63) is 12.0 Å². The van der Waals surface area contributed by atoms with Crippen LogP contribution in [0, 0.1) is 5.95 Å². The molecule has 0 spiro atoms. The van der Waals surface area contributed by atoms with Crippen LogP contribution in [-0.2, 0) is 7.05 Å². The summed E-state index contributed by atoms with van der Waals surface area (Å²) in [5.74, 6) is -0.284. The van der Waals surface area contributed by atoms with Crippen molar-refractivity contribution in [2.45, 2.75) is 72.6 Å². The van der Waals surface area contributed by atoms with Gasteiger partial charge >= 0.3 is 128 Å². The second-order valence-electron chi connectivity index (χ2n) is 6.07. The maximum atomic E-state index is 13.6. The first-order valence-electron chi connectivity index (χ1n) is 8.29. The molecule has 0 saturated heterocycles. The average molecular weight is 389 g/mol. The molecule has 0 aliphatic heterocycles. The van der Waals surface area contributed by atoms with E-state index in [0.717, 1.165) is 0 Å². The minimum absolute atomic E-state index is 0.284. The summed E-state index contributed by atoms with van der Waals surface area (Å²) in [6.45, 7) is 6.79. The molecule has 2 nitrogen and oxygen atoms in total. The summed E-state index contributed by atoms with van der Waals surface area (Å²) in [4.78, 5) is 0. The van der Waals surface area contributed by atoms with Gasteiger partial charge in [0.05, 0.1) is 0 Å². The summed E-state index contributed by atoms with van der Waals surface area (Å²) in [6.07, 6.45) is 7.65. The zero-order valence-electron chi connectivity index (χ0n) is 13.7. The number of hydrogen-bond acceptors (Lipinski definition) is 1. The van der Waals surface area contributed by atoms with Crippen molar-refractivity contribution in [1.82, 2.24) is 9.78 Å². The molecule has 1 aromatic rings. The van der Waals surface area contributed by atoms with Crippen molar-refractivity contribution in [3.63, 3.8) is 0 Å². The van der Waals surface area contributed by atoms with E-state index in [-0.39, 0.29) is 5.95 Å². The molecule has 0 fully saturated rings. The van der Waals surface area contributed by atoms with Gasteiger partial charge < -0.3 is 0 Å². The second-order valence-corrected chi connectivity index (χ2v) is 19.1. The normalized spacial score (nSPS) is 12.1. The number of aromatic nitrogens is 2. The van der Waals surface area contributed by atoms with Crippen molar-refractivity contribution in [2.75, 3.05) is 0 Å². The monoisotopic (exact) mass is 390 g/mol. The average Bonchev–Trinajstić information content (AvgIpc) is 2.78. The summed E-state index contributed by atoms with van der Waals surface area (Å²) in [5, 5.41) is 4.00. The van der Waals surface area contributed by atoms with Crippen molar-refractivity contribution in [1.29, 1.82) is 0 Å². The van der Waals surface area contributed by atoms with Gasteiger partial charge in [0, 0.05) is 0 Å². The molecule has 1 rings (SSSR count). The van der Waals surface area contributed by atoms with Gasteiger partial charge in [-0.05, 0) is 0 Å². The van der Waals surface area contributed by atoms with Crippen LogP contribution in [0.2, 0.25) is 13.3 Å². The Morgan fingerprint density at radius 3 is 1.75 bits per heavy atom. The quantitative estimate of drug-likeness (QED) is 0.535. The third-order valence-corrected chi connectivity index (χ3v) is 20.1. The van der Waals surface area contributed by atoms with Crippen LogP contribution in [0.4, 0.5) is 4.39 Å². The molecule has 0 bridgehead atoms. The molecule has 116 valence electrons. The molecule has 0 atom stereocenters. The molecule has 20 heavy (non-hydrogen) atoms. The molecule has 1 heterocycles. The molecule has 0 saturated carbocycles. The number of hydrogen-bond donors (Lipinski definition) is 0. The van der Waals surface area contributed by atoms with Crippen LogP contribution < -0.4 is 3.71 Å². The fraction of sp³-hybridized carbons (Fsp3) is 0.812. The van der Waals surface area contributed by atoms with E-state index in [0.29, 0.717) is 0 Å². The zero-order chi connectivity index (χ0) is 15.0. The number of rotatable bonds is 10. The van der Waals surface area contributed by atoms with Crippen LogP contribution in [0.25, 0.3) is 0 Å². The molecule has 1 aromatic heterocycles. The molecule has 0 N–H and O–H groups in total. The Morgan fingerprint density at radius 1 is 1.00 bits per heavy atom. The van der Waals surface area contributed by atoms with Crippen molar-refractivity contribution in [3.8, 4) is 0 Å². The first kappa shape index (κ1) is 18.0. The van der Waals surface area contributed by atoms with Crippen LogP contribution in [0.15, 0.2) is 6.07 Å². The van der Waals surface area contributed by atoms with Crippen molar-refractivity contribution in [2.24, 2.45) is 7.05 Å². The molecular formula is C16H31FN2Sn. The van der Waals surface area contributed by atoms with Gasteiger partial charge in [-0.2, -0.15) is 0 Å². The number of halogens is 1. The number of aryl methyl sites for hydroxylation is 1. The van der Waals surface area contributed by atoms with E-state index < -0.39 is 18.4 Å². The summed E-state index contributed by atoms with van der Waals surface area (Å²) in [5.41, 5.74) is 0. The second kappa shape index (κ2) is 9.06. The Hall–Kier alpha value is -0.0613. The van der Waals surface area contributed by atoms with E-state index >= 15 is 0 Å². The molecule has 0 aliphatic carbocycles. The predicted octanol–water partition coefficient (Wildman–Crippen LogP) is 4.62. The Labute approximate surface area is 128 Å². The molecule has 0 aliphatic rings. The van der Waals surface area contributed by atoms with Gasteiger partial charge in [0.15, 0.2) is 0 Å².